The Bertz CT molecular complexity index is 933. The van der Waals surface area contributed by atoms with Crippen LogP contribution in [-0.4, -0.2) is 29.3 Å². The number of aromatic nitrogens is 3. The third-order valence-corrected chi connectivity index (χ3v) is 4.78. The quantitative estimate of drug-likeness (QED) is 0.750. The van der Waals surface area contributed by atoms with Gasteiger partial charge in [-0.1, -0.05) is 12.1 Å². The van der Waals surface area contributed by atoms with Crippen LogP contribution in [0.5, 0.6) is 0 Å². The Balaban J connectivity index is 2.20. The maximum absolute atomic E-state index is 11.5. The largest absolute Gasteiger partial charge is 0.367 e. The molecular formula is C13H11BrN4O2S. The Morgan fingerprint density at radius 2 is 1.90 bits per heavy atom. The molecule has 3 rings (SSSR count). The van der Waals surface area contributed by atoms with Gasteiger partial charge in [0.15, 0.2) is 9.84 Å². The van der Waals surface area contributed by atoms with Gasteiger partial charge in [0, 0.05) is 16.3 Å². The second-order valence-electron chi connectivity index (χ2n) is 4.59. The van der Waals surface area contributed by atoms with Crippen molar-refractivity contribution in [2.75, 3.05) is 12.0 Å². The van der Waals surface area contributed by atoms with Gasteiger partial charge >= 0.3 is 0 Å². The molecule has 0 spiro atoms. The van der Waals surface area contributed by atoms with Crippen LogP contribution in [0.1, 0.15) is 0 Å². The van der Waals surface area contributed by atoms with Gasteiger partial charge in [-0.25, -0.2) is 17.9 Å². The van der Waals surface area contributed by atoms with Crippen molar-refractivity contribution in [1.82, 2.24) is 14.6 Å². The van der Waals surface area contributed by atoms with Crippen LogP contribution in [0, 0.1) is 0 Å². The second kappa shape index (κ2) is 4.81. The van der Waals surface area contributed by atoms with E-state index in [0.717, 1.165) is 21.2 Å². The van der Waals surface area contributed by atoms with Crippen LogP contribution < -0.4 is 5.73 Å². The van der Waals surface area contributed by atoms with Crippen LogP contribution in [0.25, 0.3) is 16.8 Å². The highest BCUT2D eigenvalue weighted by Gasteiger charge is 2.13. The summed E-state index contributed by atoms with van der Waals surface area (Å²) in [5.41, 5.74) is 8.03. The summed E-state index contributed by atoms with van der Waals surface area (Å²) in [7, 11) is -3.21. The number of fused-ring (bicyclic) bond motifs is 1. The number of halogens is 1. The van der Waals surface area contributed by atoms with Crippen molar-refractivity contribution in [1.29, 1.82) is 0 Å². The molecule has 0 amide bonds. The van der Waals surface area contributed by atoms with Gasteiger partial charge in [-0.2, -0.15) is 0 Å². The minimum Gasteiger partial charge on any atom is -0.367 e. The van der Waals surface area contributed by atoms with E-state index in [0.29, 0.717) is 0 Å². The van der Waals surface area contributed by atoms with Gasteiger partial charge < -0.3 is 5.73 Å². The summed E-state index contributed by atoms with van der Waals surface area (Å²) >= 11 is 3.48. The molecule has 21 heavy (non-hydrogen) atoms. The number of nitrogens with zero attached hydrogens (tertiary/aromatic N) is 3. The molecule has 3 aromatic rings. The topological polar surface area (TPSA) is 90.3 Å². The van der Waals surface area contributed by atoms with E-state index in [1.807, 2.05) is 6.07 Å². The highest BCUT2D eigenvalue weighted by atomic mass is 79.9. The molecule has 0 saturated carbocycles. The van der Waals surface area contributed by atoms with E-state index in [1.54, 1.807) is 35.0 Å². The van der Waals surface area contributed by atoms with Gasteiger partial charge in [0.05, 0.1) is 22.3 Å². The summed E-state index contributed by atoms with van der Waals surface area (Å²) in [6.07, 6.45) is 2.81. The molecule has 0 unspecified atom stereocenters. The number of hydrogen-bond acceptors (Lipinski definition) is 5. The van der Waals surface area contributed by atoms with Crippen molar-refractivity contribution in [3.63, 3.8) is 0 Å². The van der Waals surface area contributed by atoms with Crippen LogP contribution in [0.4, 0.5) is 5.95 Å². The van der Waals surface area contributed by atoms with Crippen molar-refractivity contribution >= 4 is 37.2 Å². The smallest absolute Gasteiger partial charge is 0.238 e. The van der Waals surface area contributed by atoms with E-state index in [4.69, 9.17) is 5.73 Å². The number of nitrogens with two attached hydrogens (primary N) is 1. The number of sulfone groups is 1. The van der Waals surface area contributed by atoms with Crippen LogP contribution in [0.2, 0.25) is 0 Å². The fraction of sp³-hybridized carbons (Fsp3) is 0.0769. The molecule has 0 aliphatic carbocycles. The molecule has 0 aliphatic heterocycles. The fourth-order valence-corrected chi connectivity index (χ4v) is 3.33. The van der Waals surface area contributed by atoms with Gasteiger partial charge in [-0.05, 0) is 34.1 Å². The lowest BCUT2D eigenvalue weighted by Crippen LogP contribution is -2.02. The summed E-state index contributed by atoms with van der Waals surface area (Å²) < 4.78 is 25.5. The number of hydrogen-bond donors (Lipinski definition) is 1. The first kappa shape index (κ1) is 14.0. The Labute approximate surface area is 129 Å². The lowest BCUT2D eigenvalue weighted by Gasteiger charge is -2.05. The lowest BCUT2D eigenvalue weighted by molar-refractivity contribution is 0.602. The summed E-state index contributed by atoms with van der Waals surface area (Å²) in [4.78, 5) is 4.22. The first-order valence-electron chi connectivity index (χ1n) is 5.96. The summed E-state index contributed by atoms with van der Waals surface area (Å²) in [6, 6.07) is 8.49. The molecule has 0 radical (unpaired) electrons. The molecule has 0 atom stereocenters. The fourth-order valence-electron chi connectivity index (χ4n) is 2.07. The maximum atomic E-state index is 11.5. The molecule has 0 aliphatic rings. The molecule has 0 fully saturated rings. The van der Waals surface area contributed by atoms with Gasteiger partial charge in [0.1, 0.15) is 0 Å². The van der Waals surface area contributed by atoms with Crippen molar-refractivity contribution in [2.24, 2.45) is 0 Å². The summed E-state index contributed by atoms with van der Waals surface area (Å²) in [5, 5.41) is 4.18. The van der Waals surface area contributed by atoms with E-state index in [1.165, 1.54) is 6.26 Å². The molecule has 2 N–H and O–H groups in total. The van der Waals surface area contributed by atoms with Gasteiger partial charge in [0.25, 0.3) is 0 Å². The molecule has 0 saturated heterocycles. The average Bonchev–Trinajstić information content (AvgIpc) is 2.73. The third-order valence-electron chi connectivity index (χ3n) is 3.04. The number of nitrogen functional groups attached to an aromatic ring is 1. The number of rotatable bonds is 2. The van der Waals surface area contributed by atoms with Crippen molar-refractivity contribution in [3.05, 3.63) is 41.0 Å². The van der Waals surface area contributed by atoms with Crippen LogP contribution in [-0.2, 0) is 9.84 Å². The molecule has 8 heteroatoms. The molecule has 1 aromatic carbocycles. The SMILES string of the molecule is CS(=O)(=O)c1ccc(-c2c(Br)cc3cnc(N)nn23)cc1. The van der Waals surface area contributed by atoms with Gasteiger partial charge in [0.2, 0.25) is 5.95 Å². The molecule has 6 nitrogen and oxygen atoms in total. The molecule has 2 aromatic heterocycles. The van der Waals surface area contributed by atoms with Gasteiger partial charge in [-0.3, -0.25) is 0 Å². The molecule has 0 bridgehead atoms. The Morgan fingerprint density at radius 1 is 1.24 bits per heavy atom. The Morgan fingerprint density at radius 3 is 2.52 bits per heavy atom. The van der Waals surface area contributed by atoms with E-state index >= 15 is 0 Å². The Kier molecular flexibility index (Phi) is 3.22. The van der Waals surface area contributed by atoms with E-state index in [-0.39, 0.29) is 10.8 Å². The first-order chi connectivity index (χ1) is 9.86. The summed E-state index contributed by atoms with van der Waals surface area (Å²) in [6.45, 7) is 0. The first-order valence-corrected chi connectivity index (χ1v) is 8.65. The third kappa shape index (κ3) is 2.52. The minimum absolute atomic E-state index is 0.166. The van der Waals surface area contributed by atoms with Crippen molar-refractivity contribution < 1.29 is 8.42 Å². The predicted octanol–water partition coefficient (Wildman–Crippen LogP) is 2.14. The lowest BCUT2D eigenvalue weighted by atomic mass is 10.2. The van der Waals surface area contributed by atoms with Crippen molar-refractivity contribution in [3.8, 4) is 11.3 Å². The zero-order valence-corrected chi connectivity index (χ0v) is 13.4. The Hall–Kier alpha value is -1.93. The minimum atomic E-state index is -3.21. The highest BCUT2D eigenvalue weighted by Crippen LogP contribution is 2.31. The van der Waals surface area contributed by atoms with Crippen LogP contribution in [0.15, 0.2) is 45.9 Å². The van der Waals surface area contributed by atoms with E-state index in [9.17, 15) is 8.42 Å². The van der Waals surface area contributed by atoms with Gasteiger partial charge in [-0.15, -0.1) is 5.10 Å². The van der Waals surface area contributed by atoms with E-state index in [2.05, 4.69) is 26.0 Å². The number of anilines is 1. The normalized spacial score (nSPS) is 11.9. The monoisotopic (exact) mass is 366 g/mol. The maximum Gasteiger partial charge on any atom is 0.238 e. The summed E-state index contributed by atoms with van der Waals surface area (Å²) in [5.74, 6) is 0.166. The molecule has 108 valence electrons. The number of benzene rings is 1. The predicted molar refractivity (Wildman–Crippen MR) is 83.6 cm³/mol. The molecular weight excluding hydrogens is 356 g/mol. The highest BCUT2D eigenvalue weighted by molar-refractivity contribution is 9.10. The zero-order valence-electron chi connectivity index (χ0n) is 11.0. The molecule has 2 heterocycles. The zero-order chi connectivity index (χ0) is 15.2. The standard InChI is InChI=1S/C13H11BrN4O2S/c1-21(19,20)10-4-2-8(3-5-10)12-11(14)6-9-7-16-13(15)17-18(9)12/h2-7H,1H3,(H2,15,17). The van der Waals surface area contributed by atoms with Crippen molar-refractivity contribution in [2.45, 2.75) is 4.90 Å². The second-order valence-corrected chi connectivity index (χ2v) is 7.46. The average molecular weight is 367 g/mol. The van der Waals surface area contributed by atoms with Crippen LogP contribution >= 0.6 is 15.9 Å². The van der Waals surface area contributed by atoms with Crippen LogP contribution in [0.3, 0.4) is 0 Å². The van der Waals surface area contributed by atoms with E-state index < -0.39 is 9.84 Å².